The first kappa shape index (κ1) is 11.7. The van der Waals surface area contributed by atoms with Gasteiger partial charge in [-0.05, 0) is 25.7 Å². The van der Waals surface area contributed by atoms with E-state index in [1.165, 1.54) is 38.5 Å². The molecule has 0 heterocycles. The first-order chi connectivity index (χ1) is 5.85. The zero-order valence-corrected chi connectivity index (χ0v) is 8.97. The lowest BCUT2D eigenvalue weighted by molar-refractivity contribution is 0.518. The molecule has 1 unspecified atom stereocenters. The maximum Gasteiger partial charge on any atom is -0.0236 e. The maximum absolute atomic E-state index is 2.35. The van der Waals surface area contributed by atoms with Crippen LogP contribution >= 0.6 is 0 Å². The lowest BCUT2D eigenvalue weighted by atomic mass is 9.98. The molecule has 0 saturated carbocycles. The van der Waals surface area contributed by atoms with Gasteiger partial charge in [-0.15, -0.1) is 0 Å². The second-order valence-electron chi connectivity index (χ2n) is 3.54. The highest BCUT2D eigenvalue weighted by Crippen LogP contribution is 2.15. The van der Waals surface area contributed by atoms with Crippen molar-refractivity contribution in [1.82, 2.24) is 0 Å². The summed E-state index contributed by atoms with van der Waals surface area (Å²) in [5.41, 5.74) is 0. The Morgan fingerprint density at radius 2 is 1.83 bits per heavy atom. The van der Waals surface area contributed by atoms with Crippen molar-refractivity contribution < 1.29 is 0 Å². The second-order valence-corrected chi connectivity index (χ2v) is 3.54. The first-order valence-corrected chi connectivity index (χ1v) is 5.47. The van der Waals surface area contributed by atoms with E-state index in [1.54, 1.807) is 0 Å². The van der Waals surface area contributed by atoms with E-state index >= 15 is 0 Å². The normalized spacial score (nSPS) is 13.9. The first-order valence-electron chi connectivity index (χ1n) is 5.47. The van der Waals surface area contributed by atoms with Gasteiger partial charge in [0.25, 0.3) is 0 Å². The molecule has 0 saturated heterocycles. The largest absolute Gasteiger partial charge is 0.0914 e. The fraction of sp³-hybridized carbons (Fsp3) is 0.833. The summed E-state index contributed by atoms with van der Waals surface area (Å²) < 4.78 is 0. The molecule has 0 rings (SSSR count). The number of allylic oxidation sites excluding steroid dienone is 2. The lowest BCUT2D eigenvalue weighted by Gasteiger charge is -2.08. The summed E-state index contributed by atoms with van der Waals surface area (Å²) in [7, 11) is 0. The molecule has 72 valence electrons. The van der Waals surface area contributed by atoms with Crippen LogP contribution in [0.2, 0.25) is 0 Å². The zero-order valence-electron chi connectivity index (χ0n) is 8.97. The van der Waals surface area contributed by atoms with E-state index in [-0.39, 0.29) is 0 Å². The van der Waals surface area contributed by atoms with Gasteiger partial charge in [-0.2, -0.15) is 0 Å². The van der Waals surface area contributed by atoms with Crippen LogP contribution in [-0.4, -0.2) is 0 Å². The van der Waals surface area contributed by atoms with E-state index in [0.29, 0.717) is 0 Å². The monoisotopic (exact) mass is 168 g/mol. The summed E-state index contributed by atoms with van der Waals surface area (Å²) in [6.45, 7) is 6.67. The molecule has 0 aromatic rings. The molecule has 0 fully saturated rings. The van der Waals surface area contributed by atoms with Crippen LogP contribution < -0.4 is 0 Å². The van der Waals surface area contributed by atoms with Crippen LogP contribution in [0.25, 0.3) is 0 Å². The highest BCUT2D eigenvalue weighted by atomic mass is 14.1. The van der Waals surface area contributed by atoms with Crippen molar-refractivity contribution in [2.24, 2.45) is 5.92 Å². The average Bonchev–Trinajstić information content (AvgIpc) is 2.10. The third-order valence-corrected chi connectivity index (χ3v) is 2.42. The van der Waals surface area contributed by atoms with Crippen LogP contribution in [0.4, 0.5) is 0 Å². The molecule has 0 spiro atoms. The summed E-state index contributed by atoms with van der Waals surface area (Å²) in [5, 5.41) is 0. The number of hydrogen-bond donors (Lipinski definition) is 0. The molecule has 0 aliphatic rings. The van der Waals surface area contributed by atoms with Crippen molar-refractivity contribution in [2.45, 2.75) is 59.3 Å². The number of unbranched alkanes of at least 4 members (excludes halogenated alkanes) is 3. The molecule has 0 radical (unpaired) electrons. The van der Waals surface area contributed by atoms with Crippen molar-refractivity contribution in [2.75, 3.05) is 0 Å². The summed E-state index contributed by atoms with van der Waals surface area (Å²) >= 11 is 0. The molecule has 12 heavy (non-hydrogen) atoms. The predicted octanol–water partition coefficient (Wildman–Crippen LogP) is 4.56. The van der Waals surface area contributed by atoms with Gasteiger partial charge >= 0.3 is 0 Å². The van der Waals surface area contributed by atoms with Crippen molar-refractivity contribution >= 4 is 0 Å². The molecule has 1 atom stereocenters. The quantitative estimate of drug-likeness (QED) is 0.386. The molecule has 0 amide bonds. The fourth-order valence-corrected chi connectivity index (χ4v) is 1.54. The average molecular weight is 168 g/mol. The molecular formula is C12H24. The Hall–Kier alpha value is -0.260. The Morgan fingerprint density at radius 1 is 1.08 bits per heavy atom. The molecule has 0 aliphatic carbocycles. The summed E-state index contributed by atoms with van der Waals surface area (Å²) in [5.74, 6) is 0.840. The van der Waals surface area contributed by atoms with Gasteiger partial charge in [0.1, 0.15) is 0 Å². The Labute approximate surface area is 78.1 Å². The Kier molecular flexibility index (Phi) is 8.64. The van der Waals surface area contributed by atoms with Gasteiger partial charge in [-0.1, -0.05) is 51.7 Å². The van der Waals surface area contributed by atoms with Crippen LogP contribution in [0.3, 0.4) is 0 Å². The topological polar surface area (TPSA) is 0 Å². The summed E-state index contributed by atoms with van der Waals surface area (Å²) in [6.07, 6.45) is 12.8. The molecule has 0 nitrogen and oxygen atoms in total. The molecular weight excluding hydrogens is 144 g/mol. The smallest absolute Gasteiger partial charge is 0.0236 e. The van der Waals surface area contributed by atoms with Crippen LogP contribution in [0.1, 0.15) is 59.3 Å². The molecule has 0 heteroatoms. The van der Waals surface area contributed by atoms with E-state index in [9.17, 15) is 0 Å². The van der Waals surface area contributed by atoms with Crippen molar-refractivity contribution in [3.05, 3.63) is 12.2 Å². The van der Waals surface area contributed by atoms with Crippen molar-refractivity contribution in [3.8, 4) is 0 Å². The van der Waals surface area contributed by atoms with Crippen LogP contribution in [0.5, 0.6) is 0 Å². The van der Waals surface area contributed by atoms with Crippen LogP contribution in [0, 0.1) is 5.92 Å². The minimum atomic E-state index is 0.840. The summed E-state index contributed by atoms with van der Waals surface area (Å²) in [4.78, 5) is 0. The van der Waals surface area contributed by atoms with Gasteiger partial charge < -0.3 is 0 Å². The molecule has 0 aliphatic heterocycles. The maximum atomic E-state index is 2.35. The van der Waals surface area contributed by atoms with Crippen molar-refractivity contribution in [1.29, 1.82) is 0 Å². The SMILES string of the molecule is C/C=C/C(CC)CCCCCC. The Morgan fingerprint density at radius 3 is 2.33 bits per heavy atom. The van der Waals surface area contributed by atoms with Gasteiger partial charge in [0, 0.05) is 0 Å². The van der Waals surface area contributed by atoms with E-state index in [4.69, 9.17) is 0 Å². The third kappa shape index (κ3) is 6.45. The third-order valence-electron chi connectivity index (χ3n) is 2.42. The lowest BCUT2D eigenvalue weighted by Crippen LogP contribution is -1.93. The summed E-state index contributed by atoms with van der Waals surface area (Å²) in [6, 6.07) is 0. The zero-order chi connectivity index (χ0) is 9.23. The second kappa shape index (κ2) is 8.83. The highest BCUT2D eigenvalue weighted by molar-refractivity contribution is 4.84. The van der Waals surface area contributed by atoms with E-state index in [1.807, 2.05) is 0 Å². The molecule has 0 N–H and O–H groups in total. The van der Waals surface area contributed by atoms with Gasteiger partial charge in [0.05, 0.1) is 0 Å². The van der Waals surface area contributed by atoms with Crippen molar-refractivity contribution in [3.63, 3.8) is 0 Å². The van der Waals surface area contributed by atoms with E-state index in [0.717, 1.165) is 5.92 Å². The Balaban J connectivity index is 3.31. The number of hydrogen-bond acceptors (Lipinski definition) is 0. The minimum Gasteiger partial charge on any atom is -0.0914 e. The molecule has 0 aromatic carbocycles. The van der Waals surface area contributed by atoms with Gasteiger partial charge in [0.15, 0.2) is 0 Å². The fourth-order valence-electron chi connectivity index (χ4n) is 1.54. The van der Waals surface area contributed by atoms with E-state index in [2.05, 4.69) is 32.9 Å². The van der Waals surface area contributed by atoms with Gasteiger partial charge in [-0.25, -0.2) is 0 Å². The van der Waals surface area contributed by atoms with Crippen LogP contribution in [0.15, 0.2) is 12.2 Å². The van der Waals surface area contributed by atoms with Gasteiger partial charge in [-0.3, -0.25) is 0 Å². The minimum absolute atomic E-state index is 0.840. The Bertz CT molecular complexity index is 103. The predicted molar refractivity (Wildman–Crippen MR) is 57.4 cm³/mol. The highest BCUT2D eigenvalue weighted by Gasteiger charge is 1.99. The van der Waals surface area contributed by atoms with E-state index < -0.39 is 0 Å². The van der Waals surface area contributed by atoms with Gasteiger partial charge in [0.2, 0.25) is 0 Å². The molecule has 0 aromatic heterocycles. The number of rotatable bonds is 7. The standard InChI is InChI=1S/C12H24/c1-4-7-8-9-11-12(6-3)10-5-2/h5,10,12H,4,6-9,11H2,1-3H3/b10-5+. The van der Waals surface area contributed by atoms with Crippen LogP contribution in [-0.2, 0) is 0 Å². The molecule has 0 bridgehead atoms.